The smallest absolute Gasteiger partial charge is 0.348 e. The SMILES string of the molecule is C#C[C@@H](O)[C@@H](O[C@@H](CO)COC(Cc1ccccc1)(C(=O)O)C(=O)O)n1cnc2c(N(C)CC3CC3)nc(Cl)nc21. The van der Waals surface area contributed by atoms with Gasteiger partial charge in [-0.2, -0.15) is 9.97 Å². The molecule has 0 unspecified atom stereocenters. The number of aromatic nitrogens is 4. The minimum absolute atomic E-state index is 0.0819. The number of nitrogens with zero attached hydrogens (tertiary/aromatic N) is 5. The Morgan fingerprint density at radius 1 is 1.24 bits per heavy atom. The van der Waals surface area contributed by atoms with Crippen molar-refractivity contribution in [3.05, 3.63) is 47.5 Å². The monoisotopic (exact) mass is 587 g/mol. The molecule has 0 saturated heterocycles. The molecule has 2 aromatic heterocycles. The van der Waals surface area contributed by atoms with Gasteiger partial charge in [-0.1, -0.05) is 36.3 Å². The van der Waals surface area contributed by atoms with E-state index >= 15 is 0 Å². The average Bonchev–Trinajstić information content (AvgIpc) is 3.68. The molecule has 13 nitrogen and oxygen atoms in total. The molecule has 218 valence electrons. The van der Waals surface area contributed by atoms with Gasteiger partial charge in [0.15, 0.2) is 29.3 Å². The van der Waals surface area contributed by atoms with Crippen LogP contribution >= 0.6 is 11.6 Å². The lowest BCUT2D eigenvalue weighted by Crippen LogP contribution is -2.52. The van der Waals surface area contributed by atoms with Crippen molar-refractivity contribution in [3.8, 4) is 12.3 Å². The van der Waals surface area contributed by atoms with Crippen molar-refractivity contribution in [3.63, 3.8) is 0 Å². The van der Waals surface area contributed by atoms with Gasteiger partial charge in [-0.25, -0.2) is 14.6 Å². The molecule has 0 spiro atoms. The van der Waals surface area contributed by atoms with Gasteiger partial charge < -0.3 is 34.8 Å². The Labute approximate surface area is 240 Å². The van der Waals surface area contributed by atoms with E-state index in [9.17, 15) is 30.0 Å². The number of hydrogen-bond acceptors (Lipinski definition) is 10. The molecule has 1 aliphatic rings. The van der Waals surface area contributed by atoms with Crippen LogP contribution in [0.4, 0.5) is 5.82 Å². The quantitative estimate of drug-likeness (QED) is 0.114. The third-order valence-corrected chi connectivity index (χ3v) is 6.89. The van der Waals surface area contributed by atoms with Crippen molar-refractivity contribution in [1.29, 1.82) is 0 Å². The van der Waals surface area contributed by atoms with Crippen LogP contribution in [0.15, 0.2) is 36.7 Å². The van der Waals surface area contributed by atoms with E-state index in [2.05, 4.69) is 20.9 Å². The van der Waals surface area contributed by atoms with Crippen LogP contribution in [-0.2, 0) is 25.5 Å². The number of ether oxygens (including phenoxy) is 2. The van der Waals surface area contributed by atoms with E-state index < -0.39 is 55.6 Å². The summed E-state index contributed by atoms with van der Waals surface area (Å²) in [6.45, 7) is -0.663. The number of hydrogen-bond donors (Lipinski definition) is 4. The number of benzene rings is 1. The first-order valence-electron chi connectivity index (χ1n) is 12.8. The first kappa shape index (κ1) is 30.2. The fourth-order valence-corrected chi connectivity index (χ4v) is 4.50. The number of rotatable bonds is 15. The Morgan fingerprint density at radius 3 is 2.51 bits per heavy atom. The van der Waals surface area contributed by atoms with Gasteiger partial charge in [-0.3, -0.25) is 4.57 Å². The number of carboxylic acid groups (broad SMARTS) is 2. The molecule has 4 N–H and O–H groups in total. The van der Waals surface area contributed by atoms with Gasteiger partial charge in [-0.05, 0) is 35.9 Å². The Balaban J connectivity index is 1.61. The van der Waals surface area contributed by atoms with Crippen LogP contribution in [0.2, 0.25) is 5.28 Å². The first-order valence-corrected chi connectivity index (χ1v) is 13.1. The topological polar surface area (TPSA) is 180 Å². The number of aliphatic hydroxyl groups excluding tert-OH is 2. The zero-order valence-corrected chi connectivity index (χ0v) is 22.9. The molecule has 41 heavy (non-hydrogen) atoms. The predicted molar refractivity (Wildman–Crippen MR) is 146 cm³/mol. The Morgan fingerprint density at radius 2 is 1.93 bits per heavy atom. The summed E-state index contributed by atoms with van der Waals surface area (Å²) in [6, 6.07) is 8.10. The van der Waals surface area contributed by atoms with E-state index in [1.807, 2.05) is 11.9 Å². The van der Waals surface area contributed by atoms with E-state index in [-0.39, 0.29) is 10.9 Å². The first-order chi connectivity index (χ1) is 19.6. The number of aliphatic carboxylic acids is 2. The van der Waals surface area contributed by atoms with Crippen molar-refractivity contribution in [1.82, 2.24) is 19.5 Å². The van der Waals surface area contributed by atoms with Crippen LogP contribution in [0.5, 0.6) is 0 Å². The molecule has 0 radical (unpaired) electrons. The standard InChI is InChI=1S/C27H30ClN5O8/c1-3-19(35)23(33-15-29-20-21(30-26(28)31-22(20)33)32(2)12-17-9-10-17)41-18(13-34)14-40-27(24(36)37,25(38)39)11-16-7-5-4-6-8-16/h1,4-8,15,17-19,23,34-35H,9-14H2,2H3,(H,36,37)(H,38,39)/t18-,19+,23+/m0/s1. The molecule has 1 saturated carbocycles. The van der Waals surface area contributed by atoms with Gasteiger partial charge in [0.25, 0.3) is 5.60 Å². The highest BCUT2D eigenvalue weighted by atomic mass is 35.5. The third kappa shape index (κ3) is 6.75. The zero-order chi connectivity index (χ0) is 29.7. The molecule has 3 atom stereocenters. The van der Waals surface area contributed by atoms with E-state index in [1.54, 1.807) is 30.3 Å². The molecule has 3 aromatic rings. The lowest BCUT2D eigenvalue weighted by molar-refractivity contribution is -0.195. The van der Waals surface area contributed by atoms with E-state index in [0.717, 1.165) is 19.4 Å². The van der Waals surface area contributed by atoms with Gasteiger partial charge in [-0.15, -0.1) is 6.42 Å². The maximum atomic E-state index is 12.1. The average molecular weight is 588 g/mol. The number of anilines is 1. The summed E-state index contributed by atoms with van der Waals surface area (Å²) in [5, 5.41) is 40.3. The molecule has 1 fully saturated rings. The largest absolute Gasteiger partial charge is 0.479 e. The van der Waals surface area contributed by atoms with E-state index in [4.69, 9.17) is 27.5 Å². The van der Waals surface area contributed by atoms with E-state index in [0.29, 0.717) is 22.8 Å². The number of carbonyl (C=O) groups is 2. The van der Waals surface area contributed by atoms with Crippen LogP contribution < -0.4 is 4.90 Å². The molecule has 0 bridgehead atoms. The second-order valence-corrected chi connectivity index (χ2v) is 10.2. The summed E-state index contributed by atoms with van der Waals surface area (Å²) < 4.78 is 12.6. The van der Waals surface area contributed by atoms with Crippen LogP contribution in [0.3, 0.4) is 0 Å². The molecule has 2 heterocycles. The highest BCUT2D eigenvalue weighted by molar-refractivity contribution is 6.28. The molecule has 1 aliphatic carbocycles. The Kier molecular flexibility index (Phi) is 9.42. The van der Waals surface area contributed by atoms with Crippen molar-refractivity contribution < 1.29 is 39.5 Å². The predicted octanol–water partition coefficient (Wildman–Crippen LogP) is 1.36. The normalized spacial score (nSPS) is 15.7. The second kappa shape index (κ2) is 12.8. The van der Waals surface area contributed by atoms with Crippen LogP contribution in [0.25, 0.3) is 11.2 Å². The maximum absolute atomic E-state index is 12.1. The molecule has 4 rings (SSSR count). The molecule has 1 aromatic carbocycles. The van der Waals surface area contributed by atoms with E-state index in [1.165, 1.54) is 10.9 Å². The summed E-state index contributed by atoms with van der Waals surface area (Å²) in [4.78, 5) is 39.1. The number of fused-ring (bicyclic) bond motifs is 1. The number of halogens is 1. The highest BCUT2D eigenvalue weighted by Gasteiger charge is 2.49. The number of aliphatic hydroxyl groups is 2. The van der Waals surface area contributed by atoms with Crippen molar-refractivity contribution in [2.45, 2.75) is 43.3 Å². The Hall–Kier alpha value is -3.80. The van der Waals surface area contributed by atoms with Gasteiger partial charge in [0.05, 0.1) is 19.5 Å². The molecule has 14 heteroatoms. The number of terminal acetylenes is 1. The van der Waals surface area contributed by atoms with Gasteiger partial charge in [0.1, 0.15) is 6.10 Å². The zero-order valence-electron chi connectivity index (χ0n) is 22.1. The fraction of sp³-hybridized carbons (Fsp3) is 0.444. The van der Waals surface area contributed by atoms with Gasteiger partial charge >= 0.3 is 11.9 Å². The van der Waals surface area contributed by atoms with Gasteiger partial charge in [0, 0.05) is 20.0 Å². The summed E-state index contributed by atoms with van der Waals surface area (Å²) in [6.07, 6.45) is 4.25. The number of carboxylic acids is 2. The third-order valence-electron chi connectivity index (χ3n) is 6.72. The minimum Gasteiger partial charge on any atom is -0.479 e. The summed E-state index contributed by atoms with van der Waals surface area (Å²) in [7, 11) is 1.85. The molecular formula is C27H30ClN5O8. The summed E-state index contributed by atoms with van der Waals surface area (Å²) >= 11 is 6.22. The summed E-state index contributed by atoms with van der Waals surface area (Å²) in [5.74, 6) is -0.301. The van der Waals surface area contributed by atoms with Crippen molar-refractivity contribution >= 4 is 40.5 Å². The lowest BCUT2D eigenvalue weighted by Gasteiger charge is -2.30. The van der Waals surface area contributed by atoms with Crippen molar-refractivity contribution in [2.24, 2.45) is 5.92 Å². The van der Waals surface area contributed by atoms with Crippen LogP contribution in [0, 0.1) is 18.3 Å². The van der Waals surface area contributed by atoms with Crippen molar-refractivity contribution in [2.75, 3.05) is 31.7 Å². The minimum atomic E-state index is -2.68. The number of imidazole rings is 1. The van der Waals surface area contributed by atoms with Gasteiger partial charge in [0.2, 0.25) is 5.28 Å². The Bertz CT molecular complexity index is 1410. The molecular weight excluding hydrogens is 558 g/mol. The molecule has 0 aliphatic heterocycles. The van der Waals surface area contributed by atoms with Crippen LogP contribution in [-0.4, -0.2) is 96.5 Å². The highest BCUT2D eigenvalue weighted by Crippen LogP contribution is 2.33. The summed E-state index contributed by atoms with van der Waals surface area (Å²) in [5.41, 5.74) is -1.72. The second-order valence-electron chi connectivity index (χ2n) is 9.82. The maximum Gasteiger partial charge on any atom is 0.348 e. The lowest BCUT2D eigenvalue weighted by atomic mass is 9.94. The van der Waals surface area contributed by atoms with Crippen LogP contribution in [0.1, 0.15) is 24.6 Å². The molecule has 0 amide bonds. The fourth-order valence-electron chi connectivity index (χ4n) is 4.34.